The third-order valence-electron chi connectivity index (χ3n) is 4.86. The second-order valence-corrected chi connectivity index (χ2v) is 6.86. The van der Waals surface area contributed by atoms with Crippen LogP contribution in [0.1, 0.15) is 12.0 Å². The lowest BCUT2D eigenvalue weighted by atomic mass is 10.2. The average molecular weight is 370 g/mol. The molecule has 0 saturated carbocycles. The fourth-order valence-electron chi connectivity index (χ4n) is 3.22. The second kappa shape index (κ2) is 9.37. The van der Waals surface area contributed by atoms with Crippen LogP contribution in [0.4, 0.5) is 20.6 Å². The van der Waals surface area contributed by atoms with E-state index in [1.165, 1.54) is 11.8 Å². The van der Waals surface area contributed by atoms with E-state index in [1.54, 1.807) is 19.1 Å². The summed E-state index contributed by atoms with van der Waals surface area (Å²) in [6.07, 6.45) is 0.890. The van der Waals surface area contributed by atoms with Crippen LogP contribution in [0.15, 0.2) is 48.5 Å². The normalized spacial score (nSPS) is 14.8. The molecule has 0 radical (unpaired) electrons. The molecule has 2 aromatic rings. The summed E-state index contributed by atoms with van der Waals surface area (Å²) in [6, 6.07) is 14.9. The van der Waals surface area contributed by atoms with Gasteiger partial charge in [-0.05, 0) is 49.7 Å². The van der Waals surface area contributed by atoms with E-state index in [4.69, 9.17) is 0 Å². The molecule has 0 bridgehead atoms. The SMILES string of the molecule is Cc1ccc(NC(=O)NCCCN2CCN(c3ccccc3)CC2)cc1F. The Balaban J connectivity index is 1.31. The molecule has 1 aliphatic heterocycles. The first kappa shape index (κ1) is 19.2. The molecule has 2 amide bonds. The number of urea groups is 1. The number of rotatable bonds is 6. The minimum absolute atomic E-state index is 0.299. The van der Waals surface area contributed by atoms with Crippen molar-refractivity contribution in [2.24, 2.45) is 0 Å². The van der Waals surface area contributed by atoms with Gasteiger partial charge in [-0.15, -0.1) is 0 Å². The predicted molar refractivity (Wildman–Crippen MR) is 108 cm³/mol. The van der Waals surface area contributed by atoms with Crippen molar-refractivity contribution in [2.45, 2.75) is 13.3 Å². The Morgan fingerprint density at radius 2 is 1.81 bits per heavy atom. The van der Waals surface area contributed by atoms with E-state index in [2.05, 4.69) is 44.7 Å². The molecule has 0 atom stereocenters. The van der Waals surface area contributed by atoms with Gasteiger partial charge in [-0.3, -0.25) is 4.90 Å². The van der Waals surface area contributed by atoms with Crippen LogP contribution < -0.4 is 15.5 Å². The number of halogens is 1. The van der Waals surface area contributed by atoms with Crippen molar-refractivity contribution < 1.29 is 9.18 Å². The largest absolute Gasteiger partial charge is 0.369 e. The molecule has 0 aromatic heterocycles. The molecule has 1 aliphatic rings. The number of amides is 2. The third-order valence-corrected chi connectivity index (χ3v) is 4.86. The zero-order chi connectivity index (χ0) is 19.1. The van der Waals surface area contributed by atoms with Crippen LogP contribution in [0, 0.1) is 12.7 Å². The van der Waals surface area contributed by atoms with Crippen molar-refractivity contribution in [2.75, 3.05) is 49.5 Å². The summed E-state index contributed by atoms with van der Waals surface area (Å²) < 4.78 is 13.5. The van der Waals surface area contributed by atoms with E-state index >= 15 is 0 Å². The van der Waals surface area contributed by atoms with E-state index < -0.39 is 0 Å². The quantitative estimate of drug-likeness (QED) is 0.766. The lowest BCUT2D eigenvalue weighted by Crippen LogP contribution is -2.47. The van der Waals surface area contributed by atoms with Crippen LogP contribution in [-0.2, 0) is 0 Å². The Labute approximate surface area is 160 Å². The van der Waals surface area contributed by atoms with E-state index in [-0.39, 0.29) is 11.8 Å². The van der Waals surface area contributed by atoms with Crippen molar-refractivity contribution in [1.82, 2.24) is 10.2 Å². The molecular formula is C21H27FN4O. The van der Waals surface area contributed by atoms with Gasteiger partial charge in [0.05, 0.1) is 0 Å². The zero-order valence-electron chi connectivity index (χ0n) is 15.7. The molecular weight excluding hydrogens is 343 g/mol. The van der Waals surface area contributed by atoms with E-state index in [1.807, 2.05) is 6.07 Å². The Morgan fingerprint density at radius 1 is 1.07 bits per heavy atom. The van der Waals surface area contributed by atoms with Crippen molar-refractivity contribution in [3.05, 3.63) is 59.9 Å². The molecule has 0 aliphatic carbocycles. The van der Waals surface area contributed by atoms with Crippen molar-refractivity contribution >= 4 is 17.4 Å². The Hall–Kier alpha value is -2.60. The van der Waals surface area contributed by atoms with E-state index in [0.717, 1.165) is 39.1 Å². The highest BCUT2D eigenvalue weighted by Crippen LogP contribution is 2.15. The molecule has 6 heteroatoms. The monoisotopic (exact) mass is 370 g/mol. The summed E-state index contributed by atoms with van der Waals surface area (Å²) >= 11 is 0. The van der Waals surface area contributed by atoms with Crippen LogP contribution >= 0.6 is 0 Å². The molecule has 5 nitrogen and oxygen atoms in total. The molecule has 144 valence electrons. The maximum Gasteiger partial charge on any atom is 0.319 e. The van der Waals surface area contributed by atoms with Crippen molar-refractivity contribution in [1.29, 1.82) is 0 Å². The highest BCUT2D eigenvalue weighted by molar-refractivity contribution is 5.89. The van der Waals surface area contributed by atoms with Gasteiger partial charge in [0.15, 0.2) is 0 Å². The summed E-state index contributed by atoms with van der Waals surface area (Å²) in [5, 5.41) is 5.49. The lowest BCUT2D eigenvalue weighted by molar-refractivity contribution is 0.244. The summed E-state index contributed by atoms with van der Waals surface area (Å²) in [4.78, 5) is 16.7. The first-order valence-corrected chi connectivity index (χ1v) is 9.45. The molecule has 1 fully saturated rings. The Kier molecular flexibility index (Phi) is 6.65. The number of carbonyl (C=O) groups is 1. The Bertz CT molecular complexity index is 745. The second-order valence-electron chi connectivity index (χ2n) is 6.86. The number of benzene rings is 2. The highest BCUT2D eigenvalue weighted by atomic mass is 19.1. The smallest absolute Gasteiger partial charge is 0.319 e. The predicted octanol–water partition coefficient (Wildman–Crippen LogP) is 3.47. The molecule has 1 heterocycles. The lowest BCUT2D eigenvalue weighted by Gasteiger charge is -2.36. The zero-order valence-corrected chi connectivity index (χ0v) is 15.7. The Morgan fingerprint density at radius 3 is 2.52 bits per heavy atom. The van der Waals surface area contributed by atoms with Crippen LogP contribution in [-0.4, -0.2) is 50.2 Å². The number of anilines is 2. The fraction of sp³-hybridized carbons (Fsp3) is 0.381. The van der Waals surface area contributed by atoms with Crippen molar-refractivity contribution in [3.8, 4) is 0 Å². The maximum absolute atomic E-state index is 13.5. The minimum Gasteiger partial charge on any atom is -0.369 e. The van der Waals surface area contributed by atoms with Gasteiger partial charge in [-0.1, -0.05) is 24.3 Å². The maximum atomic E-state index is 13.5. The van der Waals surface area contributed by atoms with Crippen LogP contribution in [0.25, 0.3) is 0 Å². The van der Waals surface area contributed by atoms with Gasteiger partial charge in [0.25, 0.3) is 0 Å². The molecule has 27 heavy (non-hydrogen) atoms. The summed E-state index contributed by atoms with van der Waals surface area (Å²) in [5.74, 6) is -0.317. The van der Waals surface area contributed by atoms with Gasteiger partial charge in [-0.2, -0.15) is 0 Å². The number of carbonyl (C=O) groups excluding carboxylic acids is 1. The minimum atomic E-state index is -0.317. The molecule has 0 unspecified atom stereocenters. The number of para-hydroxylation sites is 1. The summed E-state index contributed by atoms with van der Waals surface area (Å²) in [7, 11) is 0. The van der Waals surface area contributed by atoms with Gasteiger partial charge >= 0.3 is 6.03 Å². The molecule has 1 saturated heterocycles. The first-order valence-electron chi connectivity index (χ1n) is 9.45. The van der Waals surface area contributed by atoms with Gasteiger partial charge in [0.2, 0.25) is 0 Å². The number of hydrogen-bond acceptors (Lipinski definition) is 3. The number of aryl methyl sites for hydroxylation is 1. The van der Waals surface area contributed by atoms with Crippen LogP contribution in [0.3, 0.4) is 0 Å². The average Bonchev–Trinajstić information content (AvgIpc) is 2.69. The van der Waals surface area contributed by atoms with Gasteiger partial charge in [0, 0.05) is 44.1 Å². The molecule has 3 rings (SSSR count). The number of piperazine rings is 1. The number of nitrogens with zero attached hydrogens (tertiary/aromatic N) is 2. The van der Waals surface area contributed by atoms with Crippen molar-refractivity contribution in [3.63, 3.8) is 0 Å². The molecule has 0 spiro atoms. The standard InChI is InChI=1S/C21H27FN4O/c1-17-8-9-18(16-20(17)22)24-21(27)23-10-5-11-25-12-14-26(15-13-25)19-6-3-2-4-7-19/h2-4,6-9,16H,5,10-15H2,1H3,(H2,23,24,27). The fourth-order valence-corrected chi connectivity index (χ4v) is 3.22. The molecule has 2 N–H and O–H groups in total. The topological polar surface area (TPSA) is 47.6 Å². The number of nitrogens with one attached hydrogen (secondary N) is 2. The van der Waals surface area contributed by atoms with Gasteiger partial charge in [0.1, 0.15) is 5.82 Å². The molecule has 2 aromatic carbocycles. The third kappa shape index (κ3) is 5.69. The van der Waals surface area contributed by atoms with E-state index in [0.29, 0.717) is 17.8 Å². The van der Waals surface area contributed by atoms with Crippen LogP contribution in [0.2, 0.25) is 0 Å². The number of hydrogen-bond donors (Lipinski definition) is 2. The summed E-state index contributed by atoms with van der Waals surface area (Å²) in [6.45, 7) is 7.36. The first-order chi connectivity index (χ1) is 13.1. The van der Waals surface area contributed by atoms with Gasteiger partial charge < -0.3 is 15.5 Å². The van der Waals surface area contributed by atoms with E-state index in [9.17, 15) is 9.18 Å². The highest BCUT2D eigenvalue weighted by Gasteiger charge is 2.16. The van der Waals surface area contributed by atoms with Gasteiger partial charge in [-0.25, -0.2) is 9.18 Å². The summed E-state index contributed by atoms with van der Waals surface area (Å²) in [5.41, 5.74) is 2.31. The van der Waals surface area contributed by atoms with Crippen LogP contribution in [0.5, 0.6) is 0 Å².